The van der Waals surface area contributed by atoms with Gasteiger partial charge in [0.2, 0.25) is 0 Å². The lowest BCUT2D eigenvalue weighted by Gasteiger charge is -2.18. The molecule has 0 atom stereocenters. The number of hydrogen-bond donors (Lipinski definition) is 0. The molecule has 2 aromatic carbocycles. The molecule has 0 aliphatic heterocycles. The van der Waals surface area contributed by atoms with Gasteiger partial charge in [-0.25, -0.2) is 0 Å². The summed E-state index contributed by atoms with van der Waals surface area (Å²) in [4.78, 5) is 24.3. The Morgan fingerprint density at radius 1 is 1.24 bits per heavy atom. The zero-order valence-electron chi connectivity index (χ0n) is 11.5. The highest BCUT2D eigenvalue weighted by molar-refractivity contribution is 6.33. The van der Waals surface area contributed by atoms with Crippen LogP contribution in [-0.2, 0) is 0 Å². The first-order chi connectivity index (χ1) is 9.91. The summed E-state index contributed by atoms with van der Waals surface area (Å²) in [6, 6.07) is 11.6. The molecule has 2 aromatic rings. The van der Waals surface area contributed by atoms with Crippen molar-refractivity contribution >= 4 is 28.9 Å². The Kier molecular flexibility index (Phi) is 4.23. The molecular weight excluding hydrogens is 292 g/mol. The molecule has 0 saturated carbocycles. The molecule has 0 aliphatic rings. The van der Waals surface area contributed by atoms with Crippen molar-refractivity contribution in [2.45, 2.75) is 6.92 Å². The van der Waals surface area contributed by atoms with Gasteiger partial charge in [0.15, 0.2) is 0 Å². The number of carbonyl (C=O) groups excluding carboxylic acids is 1. The summed E-state index contributed by atoms with van der Waals surface area (Å²) in [7, 11) is 1.57. The van der Waals surface area contributed by atoms with Gasteiger partial charge in [-0.3, -0.25) is 14.9 Å². The Hall–Kier alpha value is -2.40. The minimum atomic E-state index is -0.639. The molecule has 2 rings (SSSR count). The predicted molar refractivity (Wildman–Crippen MR) is 82.0 cm³/mol. The van der Waals surface area contributed by atoms with Gasteiger partial charge < -0.3 is 4.90 Å². The Bertz CT molecular complexity index is 716. The summed E-state index contributed by atoms with van der Waals surface area (Å²) in [5.41, 5.74) is 1.25. The van der Waals surface area contributed by atoms with Crippen LogP contribution < -0.4 is 4.90 Å². The molecular formula is C15H13ClN2O3. The number of nitro groups is 1. The van der Waals surface area contributed by atoms with Crippen molar-refractivity contribution in [3.05, 3.63) is 68.7 Å². The molecule has 0 fully saturated rings. The van der Waals surface area contributed by atoms with Crippen LogP contribution in [0.15, 0.2) is 42.5 Å². The van der Waals surface area contributed by atoms with Gasteiger partial charge in [-0.15, -0.1) is 0 Å². The Labute approximate surface area is 126 Å². The van der Waals surface area contributed by atoms with Gasteiger partial charge >= 0.3 is 5.69 Å². The molecule has 0 aliphatic carbocycles. The minimum absolute atomic E-state index is 0.0310. The number of benzene rings is 2. The zero-order chi connectivity index (χ0) is 15.6. The van der Waals surface area contributed by atoms with E-state index in [4.69, 9.17) is 11.6 Å². The second kappa shape index (κ2) is 5.93. The number of nitrogens with zero attached hydrogens (tertiary/aromatic N) is 2. The molecule has 21 heavy (non-hydrogen) atoms. The maximum Gasteiger partial charge on any atom is 0.300 e. The summed E-state index contributed by atoms with van der Waals surface area (Å²) >= 11 is 5.83. The topological polar surface area (TPSA) is 63.5 Å². The average Bonchev–Trinajstić information content (AvgIpc) is 2.45. The lowest BCUT2D eigenvalue weighted by molar-refractivity contribution is -0.385. The lowest BCUT2D eigenvalue weighted by atomic mass is 10.1. The third kappa shape index (κ3) is 3.03. The van der Waals surface area contributed by atoms with E-state index in [2.05, 4.69) is 0 Å². The fourth-order valence-electron chi connectivity index (χ4n) is 2.01. The van der Waals surface area contributed by atoms with Crippen LogP contribution in [0, 0.1) is 17.0 Å². The minimum Gasteiger partial charge on any atom is -0.311 e. The molecule has 1 amide bonds. The normalized spacial score (nSPS) is 10.2. The number of rotatable bonds is 3. The van der Waals surface area contributed by atoms with Crippen LogP contribution in [0.3, 0.4) is 0 Å². The van der Waals surface area contributed by atoms with Crippen molar-refractivity contribution in [2.24, 2.45) is 0 Å². The van der Waals surface area contributed by atoms with E-state index >= 15 is 0 Å². The highest BCUT2D eigenvalue weighted by Crippen LogP contribution is 2.30. The van der Waals surface area contributed by atoms with E-state index in [-0.39, 0.29) is 16.3 Å². The molecule has 0 heterocycles. The van der Waals surface area contributed by atoms with E-state index in [1.165, 1.54) is 23.1 Å². The summed E-state index contributed by atoms with van der Waals surface area (Å²) in [6.45, 7) is 1.91. The molecule has 0 saturated heterocycles. The van der Waals surface area contributed by atoms with E-state index in [0.29, 0.717) is 5.69 Å². The second-order valence-electron chi connectivity index (χ2n) is 4.60. The first-order valence-electron chi connectivity index (χ1n) is 6.19. The van der Waals surface area contributed by atoms with Crippen LogP contribution in [0.5, 0.6) is 0 Å². The maximum atomic E-state index is 12.5. The number of halogens is 1. The number of carbonyl (C=O) groups is 1. The third-order valence-corrected chi connectivity index (χ3v) is 3.40. The van der Waals surface area contributed by atoms with E-state index < -0.39 is 10.8 Å². The molecule has 6 heteroatoms. The number of anilines is 1. The maximum absolute atomic E-state index is 12.5. The summed E-state index contributed by atoms with van der Waals surface area (Å²) in [6.07, 6.45) is 0. The molecule has 0 aromatic heterocycles. The largest absolute Gasteiger partial charge is 0.311 e. The lowest BCUT2D eigenvalue weighted by Crippen LogP contribution is -2.27. The predicted octanol–water partition coefficient (Wildman–Crippen LogP) is 3.83. The highest BCUT2D eigenvalue weighted by atomic mass is 35.5. The summed E-state index contributed by atoms with van der Waals surface area (Å²) < 4.78 is 0. The van der Waals surface area contributed by atoms with E-state index in [0.717, 1.165) is 5.56 Å². The van der Waals surface area contributed by atoms with Crippen molar-refractivity contribution in [1.29, 1.82) is 0 Å². The SMILES string of the molecule is Cc1cccc(N(C)C(=O)c2cccc(Cl)c2[N+](=O)[O-])c1. The molecule has 0 spiro atoms. The van der Waals surface area contributed by atoms with Gasteiger partial charge in [-0.1, -0.05) is 29.8 Å². The van der Waals surface area contributed by atoms with Crippen LogP contribution in [0.1, 0.15) is 15.9 Å². The number of hydrogen-bond acceptors (Lipinski definition) is 3. The van der Waals surface area contributed by atoms with E-state index in [1.807, 2.05) is 25.1 Å². The quantitative estimate of drug-likeness (QED) is 0.639. The Balaban J connectivity index is 2.45. The molecule has 0 N–H and O–H groups in total. The monoisotopic (exact) mass is 304 g/mol. The number of nitro benzene ring substituents is 1. The third-order valence-electron chi connectivity index (χ3n) is 3.09. The zero-order valence-corrected chi connectivity index (χ0v) is 12.3. The van der Waals surface area contributed by atoms with Gasteiger partial charge in [0.1, 0.15) is 10.6 Å². The Morgan fingerprint density at radius 2 is 1.90 bits per heavy atom. The highest BCUT2D eigenvalue weighted by Gasteiger charge is 2.26. The molecule has 5 nitrogen and oxygen atoms in total. The van der Waals surface area contributed by atoms with Crippen molar-refractivity contribution in [3.63, 3.8) is 0 Å². The van der Waals surface area contributed by atoms with Crippen LogP contribution >= 0.6 is 11.6 Å². The second-order valence-corrected chi connectivity index (χ2v) is 5.00. The van der Waals surface area contributed by atoms with E-state index in [9.17, 15) is 14.9 Å². The molecule has 0 unspecified atom stereocenters. The number of amides is 1. The van der Waals surface area contributed by atoms with Crippen molar-refractivity contribution in [2.75, 3.05) is 11.9 Å². The fraction of sp³-hybridized carbons (Fsp3) is 0.133. The molecule has 0 radical (unpaired) electrons. The smallest absolute Gasteiger partial charge is 0.300 e. The fourth-order valence-corrected chi connectivity index (χ4v) is 2.25. The van der Waals surface area contributed by atoms with Crippen LogP contribution in [0.2, 0.25) is 5.02 Å². The van der Waals surface area contributed by atoms with E-state index in [1.54, 1.807) is 13.1 Å². The first kappa shape index (κ1) is 15.0. The van der Waals surface area contributed by atoms with Gasteiger partial charge in [-0.05, 0) is 36.8 Å². The van der Waals surface area contributed by atoms with Crippen LogP contribution in [-0.4, -0.2) is 17.9 Å². The van der Waals surface area contributed by atoms with Gasteiger partial charge in [0.05, 0.1) is 4.92 Å². The molecule has 108 valence electrons. The van der Waals surface area contributed by atoms with Crippen LogP contribution in [0.4, 0.5) is 11.4 Å². The Morgan fingerprint density at radius 3 is 2.52 bits per heavy atom. The standard InChI is InChI=1S/C15H13ClN2O3/c1-10-5-3-6-11(9-10)17(2)15(19)12-7-4-8-13(16)14(12)18(20)21/h3-9H,1-2H3. The van der Waals surface area contributed by atoms with Crippen LogP contribution in [0.25, 0.3) is 0 Å². The van der Waals surface area contributed by atoms with Crippen molar-refractivity contribution in [3.8, 4) is 0 Å². The summed E-state index contributed by atoms with van der Waals surface area (Å²) in [5.74, 6) is -0.477. The van der Waals surface area contributed by atoms with Gasteiger partial charge in [0, 0.05) is 12.7 Å². The number of aryl methyl sites for hydroxylation is 1. The van der Waals surface area contributed by atoms with Crippen molar-refractivity contribution in [1.82, 2.24) is 0 Å². The van der Waals surface area contributed by atoms with Gasteiger partial charge in [0.25, 0.3) is 5.91 Å². The summed E-state index contributed by atoms with van der Waals surface area (Å²) in [5, 5.41) is 11.1. The van der Waals surface area contributed by atoms with Gasteiger partial charge in [-0.2, -0.15) is 0 Å². The average molecular weight is 305 g/mol. The first-order valence-corrected chi connectivity index (χ1v) is 6.57. The van der Waals surface area contributed by atoms with Crippen molar-refractivity contribution < 1.29 is 9.72 Å². The molecule has 0 bridgehead atoms. The number of para-hydroxylation sites is 1.